The van der Waals surface area contributed by atoms with Gasteiger partial charge in [0.25, 0.3) is 0 Å². The summed E-state index contributed by atoms with van der Waals surface area (Å²) in [5.74, 6) is -1.98. The SMILES string of the molecule is CCCn1ncc(OC)c1C(=O)Cc1cccc(F)c1F. The number of aromatic nitrogens is 2. The maximum Gasteiger partial charge on any atom is 0.189 e. The summed E-state index contributed by atoms with van der Waals surface area (Å²) in [7, 11) is 1.44. The average Bonchev–Trinajstić information content (AvgIpc) is 2.87. The average molecular weight is 294 g/mol. The van der Waals surface area contributed by atoms with Gasteiger partial charge in [0, 0.05) is 13.0 Å². The summed E-state index contributed by atoms with van der Waals surface area (Å²) < 4.78 is 33.5. The lowest BCUT2D eigenvalue weighted by Crippen LogP contribution is -2.14. The van der Waals surface area contributed by atoms with Gasteiger partial charge in [0.2, 0.25) is 0 Å². The Morgan fingerprint density at radius 3 is 2.81 bits per heavy atom. The molecule has 6 heteroatoms. The molecule has 112 valence electrons. The van der Waals surface area contributed by atoms with Crippen molar-refractivity contribution < 1.29 is 18.3 Å². The summed E-state index contributed by atoms with van der Waals surface area (Å²) in [6.07, 6.45) is 2.00. The molecule has 21 heavy (non-hydrogen) atoms. The van der Waals surface area contributed by atoms with Crippen molar-refractivity contribution in [2.75, 3.05) is 7.11 Å². The molecule has 0 N–H and O–H groups in total. The molecule has 2 rings (SSSR count). The molecule has 0 spiro atoms. The van der Waals surface area contributed by atoms with Crippen molar-refractivity contribution in [3.63, 3.8) is 0 Å². The van der Waals surface area contributed by atoms with Crippen LogP contribution in [0.1, 0.15) is 29.4 Å². The van der Waals surface area contributed by atoms with Crippen LogP contribution in [0.15, 0.2) is 24.4 Å². The molecule has 0 aliphatic carbocycles. The standard InChI is InChI=1S/C15H16F2N2O2/c1-3-7-19-15(13(21-2)9-18-19)12(20)8-10-5-4-6-11(16)14(10)17/h4-6,9H,3,7-8H2,1-2H3. The van der Waals surface area contributed by atoms with Crippen molar-refractivity contribution in [2.24, 2.45) is 0 Å². The van der Waals surface area contributed by atoms with E-state index in [0.29, 0.717) is 12.3 Å². The van der Waals surface area contributed by atoms with Crippen LogP contribution in [0, 0.1) is 11.6 Å². The predicted molar refractivity (Wildman–Crippen MR) is 73.5 cm³/mol. The molecule has 0 saturated heterocycles. The second kappa shape index (κ2) is 6.47. The number of hydrogen-bond donors (Lipinski definition) is 0. The molecule has 1 aromatic heterocycles. The zero-order valence-electron chi connectivity index (χ0n) is 11.9. The van der Waals surface area contributed by atoms with E-state index < -0.39 is 11.6 Å². The first-order valence-corrected chi connectivity index (χ1v) is 6.64. The molecule has 4 nitrogen and oxygen atoms in total. The number of methoxy groups -OCH3 is 1. The Hall–Kier alpha value is -2.24. The number of Topliss-reactive ketones (excluding diaryl/α,β-unsaturated/α-hetero) is 1. The van der Waals surface area contributed by atoms with Gasteiger partial charge in [0.15, 0.2) is 23.2 Å². The summed E-state index contributed by atoms with van der Waals surface area (Å²) in [4.78, 5) is 12.4. The van der Waals surface area contributed by atoms with Crippen LogP contribution in [0.2, 0.25) is 0 Å². The first-order valence-electron chi connectivity index (χ1n) is 6.64. The number of ether oxygens (including phenoxy) is 1. The summed E-state index contributed by atoms with van der Waals surface area (Å²) in [6, 6.07) is 3.79. The van der Waals surface area contributed by atoms with Crippen LogP contribution in [0.5, 0.6) is 5.75 Å². The number of benzene rings is 1. The maximum absolute atomic E-state index is 13.7. The molecule has 0 aliphatic heterocycles. The van der Waals surface area contributed by atoms with Gasteiger partial charge in [0.1, 0.15) is 5.69 Å². The van der Waals surface area contributed by atoms with E-state index in [1.807, 2.05) is 6.92 Å². The van der Waals surface area contributed by atoms with E-state index in [4.69, 9.17) is 4.74 Å². The number of hydrogen-bond acceptors (Lipinski definition) is 3. The quantitative estimate of drug-likeness (QED) is 0.769. The number of carbonyl (C=O) groups excluding carboxylic acids is 1. The van der Waals surface area contributed by atoms with E-state index in [1.54, 1.807) is 0 Å². The van der Waals surface area contributed by atoms with Crippen molar-refractivity contribution in [3.8, 4) is 5.75 Å². The van der Waals surface area contributed by atoms with Gasteiger partial charge in [-0.05, 0) is 18.1 Å². The van der Waals surface area contributed by atoms with Crippen LogP contribution in [0.3, 0.4) is 0 Å². The van der Waals surface area contributed by atoms with Gasteiger partial charge in [-0.3, -0.25) is 9.48 Å². The molecule has 0 saturated carbocycles. The Bertz CT molecular complexity index is 653. The minimum atomic E-state index is -0.994. The molecular formula is C15H16F2N2O2. The Labute approximate surface area is 121 Å². The van der Waals surface area contributed by atoms with Gasteiger partial charge in [-0.15, -0.1) is 0 Å². The monoisotopic (exact) mass is 294 g/mol. The highest BCUT2D eigenvalue weighted by molar-refractivity contribution is 5.98. The largest absolute Gasteiger partial charge is 0.493 e. The number of halogens is 2. The van der Waals surface area contributed by atoms with Gasteiger partial charge < -0.3 is 4.74 Å². The highest BCUT2D eigenvalue weighted by Gasteiger charge is 2.21. The maximum atomic E-state index is 13.7. The smallest absolute Gasteiger partial charge is 0.189 e. The fraction of sp³-hybridized carbons (Fsp3) is 0.333. The Morgan fingerprint density at radius 1 is 1.38 bits per heavy atom. The number of aryl methyl sites for hydroxylation is 1. The highest BCUT2D eigenvalue weighted by Crippen LogP contribution is 2.21. The number of carbonyl (C=O) groups is 1. The van der Waals surface area contributed by atoms with Crippen molar-refractivity contribution in [1.29, 1.82) is 0 Å². The Balaban J connectivity index is 2.32. The van der Waals surface area contributed by atoms with Crippen LogP contribution in [0.4, 0.5) is 8.78 Å². The van der Waals surface area contributed by atoms with Crippen molar-refractivity contribution in [1.82, 2.24) is 9.78 Å². The Kier molecular flexibility index (Phi) is 4.67. The van der Waals surface area contributed by atoms with Gasteiger partial charge >= 0.3 is 0 Å². The fourth-order valence-corrected chi connectivity index (χ4v) is 2.12. The molecule has 0 amide bonds. The lowest BCUT2D eigenvalue weighted by atomic mass is 10.1. The molecule has 0 fully saturated rings. The third-order valence-corrected chi connectivity index (χ3v) is 3.11. The van der Waals surface area contributed by atoms with Crippen LogP contribution < -0.4 is 4.74 Å². The molecule has 2 aromatic rings. The van der Waals surface area contributed by atoms with E-state index in [9.17, 15) is 13.6 Å². The van der Waals surface area contributed by atoms with Gasteiger partial charge in [-0.2, -0.15) is 5.10 Å². The molecule has 0 bridgehead atoms. The number of rotatable bonds is 6. The van der Waals surface area contributed by atoms with Crippen LogP contribution in [0.25, 0.3) is 0 Å². The van der Waals surface area contributed by atoms with E-state index >= 15 is 0 Å². The third kappa shape index (κ3) is 3.09. The van der Waals surface area contributed by atoms with E-state index in [-0.39, 0.29) is 23.5 Å². The van der Waals surface area contributed by atoms with Crippen LogP contribution >= 0.6 is 0 Å². The second-order valence-corrected chi connectivity index (χ2v) is 4.60. The molecule has 0 radical (unpaired) electrons. The molecule has 0 atom stereocenters. The second-order valence-electron chi connectivity index (χ2n) is 4.60. The zero-order valence-corrected chi connectivity index (χ0v) is 11.9. The van der Waals surface area contributed by atoms with Crippen LogP contribution in [-0.2, 0) is 13.0 Å². The lowest BCUT2D eigenvalue weighted by molar-refractivity contribution is 0.0978. The zero-order chi connectivity index (χ0) is 15.4. The van der Waals surface area contributed by atoms with Crippen LogP contribution in [-0.4, -0.2) is 22.7 Å². The summed E-state index contributed by atoms with van der Waals surface area (Å²) >= 11 is 0. The highest BCUT2D eigenvalue weighted by atomic mass is 19.2. The predicted octanol–water partition coefficient (Wildman–Crippen LogP) is 3.01. The van der Waals surface area contributed by atoms with E-state index in [2.05, 4.69) is 5.10 Å². The molecule has 1 heterocycles. The normalized spacial score (nSPS) is 10.7. The summed E-state index contributed by atoms with van der Waals surface area (Å²) in [5, 5.41) is 4.08. The Morgan fingerprint density at radius 2 is 2.14 bits per heavy atom. The van der Waals surface area contributed by atoms with Gasteiger partial charge in [-0.1, -0.05) is 19.1 Å². The first kappa shape index (κ1) is 15.2. The topological polar surface area (TPSA) is 44.1 Å². The number of nitrogens with zero attached hydrogens (tertiary/aromatic N) is 2. The van der Waals surface area contributed by atoms with Crippen molar-refractivity contribution in [3.05, 3.63) is 47.3 Å². The van der Waals surface area contributed by atoms with Crippen molar-refractivity contribution in [2.45, 2.75) is 26.3 Å². The summed E-state index contributed by atoms with van der Waals surface area (Å²) in [5.41, 5.74) is 0.300. The van der Waals surface area contributed by atoms with Gasteiger partial charge in [-0.25, -0.2) is 8.78 Å². The molecule has 1 aromatic carbocycles. The summed E-state index contributed by atoms with van der Waals surface area (Å²) in [6.45, 7) is 2.50. The molecular weight excluding hydrogens is 278 g/mol. The minimum Gasteiger partial charge on any atom is -0.493 e. The van der Waals surface area contributed by atoms with Gasteiger partial charge in [0.05, 0.1) is 13.3 Å². The van der Waals surface area contributed by atoms with Crippen molar-refractivity contribution >= 4 is 5.78 Å². The van der Waals surface area contributed by atoms with E-state index in [1.165, 1.54) is 30.1 Å². The minimum absolute atomic E-state index is 0.0197. The number of ketones is 1. The molecule has 0 unspecified atom stereocenters. The lowest BCUT2D eigenvalue weighted by Gasteiger charge is -2.08. The third-order valence-electron chi connectivity index (χ3n) is 3.11. The van der Waals surface area contributed by atoms with E-state index in [0.717, 1.165) is 12.5 Å². The first-order chi connectivity index (χ1) is 10.1. The fourth-order valence-electron chi connectivity index (χ4n) is 2.12. The molecule has 0 aliphatic rings.